The summed E-state index contributed by atoms with van der Waals surface area (Å²) < 4.78 is 38.2. The Morgan fingerprint density at radius 2 is 2.05 bits per heavy atom. The molecule has 0 radical (unpaired) electrons. The first-order valence-corrected chi connectivity index (χ1v) is 5.77. The van der Waals surface area contributed by atoms with E-state index in [2.05, 4.69) is 5.32 Å². The molecule has 0 saturated heterocycles. The molecule has 1 rings (SSSR count). The second kappa shape index (κ2) is 5.51. The van der Waals surface area contributed by atoms with Crippen molar-refractivity contribution in [3.8, 4) is 6.07 Å². The first-order valence-electron chi connectivity index (χ1n) is 5.77. The molecule has 0 aliphatic carbocycles. The van der Waals surface area contributed by atoms with Crippen LogP contribution in [-0.4, -0.2) is 16.6 Å². The summed E-state index contributed by atoms with van der Waals surface area (Å²) in [6.45, 7) is 2.83. The SMILES string of the molecule is CCC(C)(O)C(=O)Nc1ccc(C#N)c(C(F)(F)F)c1. The molecule has 0 spiro atoms. The number of nitrogens with one attached hydrogen (secondary N) is 1. The Balaban J connectivity index is 3.12. The summed E-state index contributed by atoms with van der Waals surface area (Å²) in [5, 5.41) is 20.5. The van der Waals surface area contributed by atoms with Crippen LogP contribution in [0.1, 0.15) is 31.4 Å². The predicted molar refractivity (Wildman–Crippen MR) is 65.7 cm³/mol. The number of hydrogen-bond acceptors (Lipinski definition) is 3. The van der Waals surface area contributed by atoms with Crippen LogP contribution in [0.5, 0.6) is 0 Å². The van der Waals surface area contributed by atoms with Crippen LogP contribution < -0.4 is 5.32 Å². The fourth-order valence-corrected chi connectivity index (χ4v) is 1.38. The fraction of sp³-hybridized carbons (Fsp3) is 0.385. The molecule has 0 heterocycles. The van der Waals surface area contributed by atoms with Gasteiger partial charge in [0.2, 0.25) is 0 Å². The zero-order valence-electron chi connectivity index (χ0n) is 10.9. The van der Waals surface area contributed by atoms with Gasteiger partial charge in [0, 0.05) is 5.69 Å². The maximum absolute atomic E-state index is 12.7. The molecule has 0 aliphatic rings. The molecule has 1 aromatic rings. The van der Waals surface area contributed by atoms with Crippen LogP contribution in [0.2, 0.25) is 0 Å². The molecule has 0 bridgehead atoms. The van der Waals surface area contributed by atoms with Crippen LogP contribution in [0.15, 0.2) is 18.2 Å². The lowest BCUT2D eigenvalue weighted by atomic mass is 10.0. The largest absolute Gasteiger partial charge is 0.417 e. The molecule has 4 nitrogen and oxygen atoms in total. The van der Waals surface area contributed by atoms with Gasteiger partial charge in [0.25, 0.3) is 5.91 Å². The van der Waals surface area contributed by atoms with E-state index in [1.165, 1.54) is 19.1 Å². The van der Waals surface area contributed by atoms with E-state index in [4.69, 9.17) is 5.26 Å². The van der Waals surface area contributed by atoms with E-state index in [9.17, 15) is 23.1 Å². The van der Waals surface area contributed by atoms with Gasteiger partial charge in [-0.3, -0.25) is 4.79 Å². The summed E-state index contributed by atoms with van der Waals surface area (Å²) in [5.41, 5.74) is -3.46. The third-order valence-electron chi connectivity index (χ3n) is 2.88. The average Bonchev–Trinajstić information content (AvgIpc) is 2.37. The van der Waals surface area contributed by atoms with Crippen molar-refractivity contribution >= 4 is 11.6 Å². The smallest absolute Gasteiger partial charge is 0.380 e. The molecule has 0 aromatic heterocycles. The van der Waals surface area contributed by atoms with Crippen LogP contribution in [0.25, 0.3) is 0 Å². The molecule has 1 unspecified atom stereocenters. The Hall–Kier alpha value is -2.07. The second-order valence-electron chi connectivity index (χ2n) is 4.45. The number of carbonyl (C=O) groups excluding carboxylic acids is 1. The van der Waals surface area contributed by atoms with E-state index >= 15 is 0 Å². The van der Waals surface area contributed by atoms with Gasteiger partial charge in [0.1, 0.15) is 5.60 Å². The number of amides is 1. The molecular formula is C13H13F3N2O2. The molecule has 2 N–H and O–H groups in total. The van der Waals surface area contributed by atoms with Gasteiger partial charge in [-0.1, -0.05) is 6.92 Å². The molecule has 0 saturated carbocycles. The summed E-state index contributed by atoms with van der Waals surface area (Å²) >= 11 is 0. The third kappa shape index (κ3) is 3.48. The van der Waals surface area contributed by atoms with E-state index in [0.717, 1.165) is 6.07 Å². The minimum absolute atomic E-state index is 0.112. The van der Waals surface area contributed by atoms with Gasteiger partial charge < -0.3 is 10.4 Å². The van der Waals surface area contributed by atoms with Gasteiger partial charge in [-0.05, 0) is 31.5 Å². The topological polar surface area (TPSA) is 73.1 Å². The van der Waals surface area contributed by atoms with E-state index < -0.39 is 28.8 Å². The summed E-state index contributed by atoms with van der Waals surface area (Å²) in [5.74, 6) is -0.808. The molecule has 0 fully saturated rings. The number of nitriles is 1. The Kier molecular flexibility index (Phi) is 4.40. The number of carbonyl (C=O) groups is 1. The monoisotopic (exact) mass is 286 g/mol. The first-order chi connectivity index (χ1) is 9.11. The number of hydrogen-bond donors (Lipinski definition) is 2. The lowest BCUT2D eigenvalue weighted by molar-refractivity contribution is -0.138. The number of rotatable bonds is 3. The fourth-order valence-electron chi connectivity index (χ4n) is 1.38. The van der Waals surface area contributed by atoms with Crippen molar-refractivity contribution in [2.24, 2.45) is 0 Å². The minimum atomic E-state index is -4.70. The third-order valence-corrected chi connectivity index (χ3v) is 2.88. The minimum Gasteiger partial charge on any atom is -0.380 e. The van der Waals surface area contributed by atoms with Gasteiger partial charge in [0.05, 0.1) is 17.2 Å². The highest BCUT2D eigenvalue weighted by molar-refractivity contribution is 5.96. The first kappa shape index (κ1) is 16.0. The molecule has 1 aromatic carbocycles. The lowest BCUT2D eigenvalue weighted by Gasteiger charge is -2.20. The van der Waals surface area contributed by atoms with Crippen molar-refractivity contribution < 1.29 is 23.1 Å². The highest BCUT2D eigenvalue weighted by atomic mass is 19.4. The number of anilines is 1. The summed E-state index contributed by atoms with van der Waals surface area (Å²) in [6, 6.07) is 4.26. The average molecular weight is 286 g/mol. The summed E-state index contributed by atoms with van der Waals surface area (Å²) in [4.78, 5) is 11.7. The normalized spacial score (nSPS) is 14.2. The number of benzene rings is 1. The van der Waals surface area contributed by atoms with Crippen molar-refractivity contribution in [3.05, 3.63) is 29.3 Å². The van der Waals surface area contributed by atoms with Crippen LogP contribution in [0.4, 0.5) is 18.9 Å². The quantitative estimate of drug-likeness (QED) is 0.897. The highest BCUT2D eigenvalue weighted by Crippen LogP contribution is 2.33. The van der Waals surface area contributed by atoms with Gasteiger partial charge >= 0.3 is 6.18 Å². The van der Waals surface area contributed by atoms with Crippen molar-refractivity contribution in [3.63, 3.8) is 0 Å². The van der Waals surface area contributed by atoms with Gasteiger partial charge in [-0.2, -0.15) is 18.4 Å². The molecule has 20 heavy (non-hydrogen) atoms. The summed E-state index contributed by atoms with van der Waals surface area (Å²) in [7, 11) is 0. The van der Waals surface area contributed by atoms with Gasteiger partial charge in [-0.15, -0.1) is 0 Å². The number of nitrogens with zero attached hydrogens (tertiary/aromatic N) is 1. The molecule has 1 atom stereocenters. The van der Waals surface area contributed by atoms with Crippen molar-refractivity contribution in [1.82, 2.24) is 0 Å². The molecule has 0 aliphatic heterocycles. The number of halogens is 3. The zero-order chi connectivity index (χ0) is 15.6. The van der Waals surface area contributed by atoms with Crippen LogP contribution in [-0.2, 0) is 11.0 Å². The highest BCUT2D eigenvalue weighted by Gasteiger charge is 2.34. The van der Waals surface area contributed by atoms with Crippen molar-refractivity contribution in [2.45, 2.75) is 32.0 Å². The van der Waals surface area contributed by atoms with E-state index in [0.29, 0.717) is 6.07 Å². The van der Waals surface area contributed by atoms with E-state index in [-0.39, 0.29) is 12.1 Å². The van der Waals surface area contributed by atoms with Crippen LogP contribution >= 0.6 is 0 Å². The Bertz CT molecular complexity index is 560. The maximum atomic E-state index is 12.7. The molecule has 7 heteroatoms. The van der Waals surface area contributed by atoms with Crippen LogP contribution in [0.3, 0.4) is 0 Å². The molecular weight excluding hydrogens is 273 g/mol. The van der Waals surface area contributed by atoms with Crippen molar-refractivity contribution in [2.75, 3.05) is 5.32 Å². The predicted octanol–water partition coefficient (Wildman–Crippen LogP) is 2.68. The Morgan fingerprint density at radius 1 is 1.45 bits per heavy atom. The number of aliphatic hydroxyl groups is 1. The maximum Gasteiger partial charge on any atom is 0.417 e. The van der Waals surface area contributed by atoms with E-state index in [1.54, 1.807) is 6.92 Å². The Labute approximate surface area is 113 Å². The second-order valence-corrected chi connectivity index (χ2v) is 4.45. The molecule has 108 valence electrons. The summed E-state index contributed by atoms with van der Waals surface area (Å²) in [6.07, 6.45) is -4.58. The van der Waals surface area contributed by atoms with Crippen molar-refractivity contribution in [1.29, 1.82) is 5.26 Å². The zero-order valence-corrected chi connectivity index (χ0v) is 10.9. The standard InChI is InChI=1S/C13H13F3N2O2/c1-3-12(2,20)11(19)18-9-5-4-8(7-17)10(6-9)13(14,15)16/h4-6,20H,3H2,1-2H3,(H,18,19). The lowest BCUT2D eigenvalue weighted by Crippen LogP contribution is -2.39. The van der Waals surface area contributed by atoms with Crippen LogP contribution in [0, 0.1) is 11.3 Å². The van der Waals surface area contributed by atoms with Gasteiger partial charge in [0.15, 0.2) is 0 Å². The number of alkyl halides is 3. The molecule has 1 amide bonds. The van der Waals surface area contributed by atoms with Gasteiger partial charge in [-0.25, -0.2) is 0 Å². The Morgan fingerprint density at radius 3 is 2.50 bits per heavy atom. The van der Waals surface area contributed by atoms with E-state index in [1.807, 2.05) is 0 Å².